The molecule has 3 nitrogen and oxygen atoms in total. The van der Waals surface area contributed by atoms with E-state index in [-0.39, 0.29) is 5.91 Å². The zero-order chi connectivity index (χ0) is 14.1. The molecule has 1 fully saturated rings. The summed E-state index contributed by atoms with van der Waals surface area (Å²) in [6.07, 6.45) is 2.17. The number of hydrogen-bond donors (Lipinski definition) is 0. The van der Waals surface area contributed by atoms with E-state index in [4.69, 9.17) is 4.42 Å². The molecule has 0 radical (unpaired) electrons. The highest BCUT2D eigenvalue weighted by atomic mass is 79.9. The van der Waals surface area contributed by atoms with Crippen LogP contribution in [0.25, 0.3) is 0 Å². The van der Waals surface area contributed by atoms with Gasteiger partial charge in [0.25, 0.3) is 5.91 Å². The van der Waals surface area contributed by atoms with Gasteiger partial charge in [-0.3, -0.25) is 4.79 Å². The molecule has 0 saturated heterocycles. The molecule has 104 valence electrons. The molecule has 0 bridgehead atoms. The van der Waals surface area contributed by atoms with E-state index in [9.17, 15) is 4.79 Å². The summed E-state index contributed by atoms with van der Waals surface area (Å²) in [7, 11) is 0. The van der Waals surface area contributed by atoms with Crippen molar-refractivity contribution >= 4 is 21.8 Å². The summed E-state index contributed by atoms with van der Waals surface area (Å²) in [5, 5.41) is 0. The van der Waals surface area contributed by atoms with Crippen molar-refractivity contribution in [3.63, 3.8) is 0 Å². The Morgan fingerprint density at radius 1 is 1.35 bits per heavy atom. The maximum Gasteiger partial charge on any atom is 0.254 e. The second-order valence-corrected chi connectivity index (χ2v) is 6.10. The molecule has 0 unspecified atom stereocenters. The lowest BCUT2D eigenvalue weighted by atomic mass is 10.2. The van der Waals surface area contributed by atoms with Crippen molar-refractivity contribution in [1.29, 1.82) is 0 Å². The number of aryl methyl sites for hydroxylation is 1. The van der Waals surface area contributed by atoms with E-state index >= 15 is 0 Å². The van der Waals surface area contributed by atoms with Crippen LogP contribution in [0.5, 0.6) is 0 Å². The van der Waals surface area contributed by atoms with Crippen LogP contribution in [0.2, 0.25) is 0 Å². The van der Waals surface area contributed by atoms with E-state index in [0.29, 0.717) is 12.6 Å². The van der Waals surface area contributed by atoms with Crippen molar-refractivity contribution in [3.05, 3.63) is 58.0 Å². The first-order valence-corrected chi connectivity index (χ1v) is 7.54. The van der Waals surface area contributed by atoms with Gasteiger partial charge in [-0.05, 0) is 50.1 Å². The van der Waals surface area contributed by atoms with Crippen molar-refractivity contribution in [2.24, 2.45) is 0 Å². The van der Waals surface area contributed by atoms with Gasteiger partial charge in [-0.1, -0.05) is 22.0 Å². The fourth-order valence-electron chi connectivity index (χ4n) is 2.28. The quantitative estimate of drug-likeness (QED) is 0.841. The molecule has 20 heavy (non-hydrogen) atoms. The van der Waals surface area contributed by atoms with Crippen LogP contribution in [0.1, 0.15) is 34.7 Å². The van der Waals surface area contributed by atoms with Crippen molar-refractivity contribution in [1.82, 2.24) is 4.90 Å². The molecular formula is C16H16BrNO2. The van der Waals surface area contributed by atoms with Gasteiger partial charge in [0.1, 0.15) is 11.5 Å². The monoisotopic (exact) mass is 333 g/mol. The second kappa shape index (κ2) is 5.44. The van der Waals surface area contributed by atoms with Crippen LogP contribution in [-0.2, 0) is 6.54 Å². The minimum atomic E-state index is 0.0721. The average molecular weight is 334 g/mol. The van der Waals surface area contributed by atoms with Crippen LogP contribution in [0.15, 0.2) is 45.3 Å². The van der Waals surface area contributed by atoms with Crippen LogP contribution < -0.4 is 0 Å². The van der Waals surface area contributed by atoms with Gasteiger partial charge in [0, 0.05) is 16.1 Å². The summed E-state index contributed by atoms with van der Waals surface area (Å²) in [5.41, 5.74) is 0.717. The van der Waals surface area contributed by atoms with E-state index in [2.05, 4.69) is 15.9 Å². The summed E-state index contributed by atoms with van der Waals surface area (Å²) in [4.78, 5) is 14.6. The standard InChI is InChI=1S/C16H16BrNO2/c1-11-5-8-15(20-11)10-18(14-6-7-14)16(19)12-3-2-4-13(17)9-12/h2-5,8-9,14H,6-7,10H2,1H3. The number of benzene rings is 1. The van der Waals surface area contributed by atoms with Crippen LogP contribution >= 0.6 is 15.9 Å². The molecule has 3 rings (SSSR count). The Kier molecular flexibility index (Phi) is 3.66. The maximum absolute atomic E-state index is 12.7. The first-order valence-electron chi connectivity index (χ1n) is 6.75. The molecule has 1 saturated carbocycles. The Labute approximate surface area is 126 Å². The van der Waals surface area contributed by atoms with Crippen LogP contribution in [-0.4, -0.2) is 16.8 Å². The van der Waals surface area contributed by atoms with Gasteiger partial charge in [-0.2, -0.15) is 0 Å². The van der Waals surface area contributed by atoms with E-state index in [0.717, 1.165) is 34.4 Å². The highest BCUT2D eigenvalue weighted by Gasteiger charge is 2.33. The molecule has 4 heteroatoms. The maximum atomic E-state index is 12.7. The van der Waals surface area contributed by atoms with Crippen LogP contribution in [0.4, 0.5) is 0 Å². The predicted octanol–water partition coefficient (Wildman–Crippen LogP) is 4.16. The largest absolute Gasteiger partial charge is 0.464 e. The number of amides is 1. The van der Waals surface area contributed by atoms with Gasteiger partial charge >= 0.3 is 0 Å². The number of rotatable bonds is 4. The number of nitrogens with zero attached hydrogens (tertiary/aromatic N) is 1. The molecule has 1 aromatic heterocycles. The van der Waals surface area contributed by atoms with Gasteiger partial charge in [0.15, 0.2) is 0 Å². The first-order chi connectivity index (χ1) is 9.63. The molecule has 2 aromatic rings. The molecule has 1 aliphatic carbocycles. The normalized spacial score (nSPS) is 14.3. The van der Waals surface area contributed by atoms with Crippen molar-refractivity contribution < 1.29 is 9.21 Å². The zero-order valence-electron chi connectivity index (χ0n) is 11.3. The summed E-state index contributed by atoms with van der Waals surface area (Å²) >= 11 is 3.41. The first kappa shape index (κ1) is 13.4. The van der Waals surface area contributed by atoms with Gasteiger partial charge in [-0.15, -0.1) is 0 Å². The Bertz CT molecular complexity index is 631. The SMILES string of the molecule is Cc1ccc(CN(C(=O)c2cccc(Br)c2)C2CC2)o1. The van der Waals surface area contributed by atoms with E-state index in [1.807, 2.05) is 48.2 Å². The molecule has 0 atom stereocenters. The van der Waals surface area contributed by atoms with Crippen molar-refractivity contribution in [2.45, 2.75) is 32.4 Å². The van der Waals surface area contributed by atoms with Crippen molar-refractivity contribution in [2.75, 3.05) is 0 Å². The third-order valence-corrected chi connectivity index (χ3v) is 3.94. The summed E-state index contributed by atoms with van der Waals surface area (Å²) in [6.45, 7) is 2.46. The molecule has 1 heterocycles. The second-order valence-electron chi connectivity index (χ2n) is 5.19. The minimum absolute atomic E-state index is 0.0721. The van der Waals surface area contributed by atoms with E-state index in [1.54, 1.807) is 0 Å². The molecule has 1 aliphatic rings. The Hall–Kier alpha value is -1.55. The lowest BCUT2D eigenvalue weighted by Crippen LogP contribution is -2.32. The van der Waals surface area contributed by atoms with Gasteiger partial charge in [0.05, 0.1) is 6.54 Å². The molecule has 1 aromatic carbocycles. The number of carbonyl (C=O) groups is 1. The third-order valence-electron chi connectivity index (χ3n) is 3.44. The zero-order valence-corrected chi connectivity index (χ0v) is 12.9. The highest BCUT2D eigenvalue weighted by Crippen LogP contribution is 2.30. The summed E-state index contributed by atoms with van der Waals surface area (Å²) in [6, 6.07) is 11.8. The summed E-state index contributed by atoms with van der Waals surface area (Å²) < 4.78 is 6.52. The number of carbonyl (C=O) groups excluding carboxylic acids is 1. The Morgan fingerprint density at radius 2 is 2.15 bits per heavy atom. The predicted molar refractivity (Wildman–Crippen MR) is 80.5 cm³/mol. The number of furan rings is 1. The Morgan fingerprint density at radius 3 is 2.75 bits per heavy atom. The topological polar surface area (TPSA) is 33.5 Å². The highest BCUT2D eigenvalue weighted by molar-refractivity contribution is 9.10. The van der Waals surface area contributed by atoms with Gasteiger partial charge in [0.2, 0.25) is 0 Å². The number of halogens is 1. The Balaban J connectivity index is 1.81. The number of hydrogen-bond acceptors (Lipinski definition) is 2. The molecule has 0 aliphatic heterocycles. The van der Waals surface area contributed by atoms with Gasteiger partial charge < -0.3 is 9.32 Å². The summed E-state index contributed by atoms with van der Waals surface area (Å²) in [5.74, 6) is 1.80. The fourth-order valence-corrected chi connectivity index (χ4v) is 2.68. The van der Waals surface area contributed by atoms with Crippen LogP contribution in [0, 0.1) is 6.92 Å². The lowest BCUT2D eigenvalue weighted by Gasteiger charge is -2.21. The van der Waals surface area contributed by atoms with Crippen molar-refractivity contribution in [3.8, 4) is 0 Å². The van der Waals surface area contributed by atoms with Crippen LogP contribution in [0.3, 0.4) is 0 Å². The molecular weight excluding hydrogens is 318 g/mol. The fraction of sp³-hybridized carbons (Fsp3) is 0.312. The third kappa shape index (κ3) is 2.96. The van der Waals surface area contributed by atoms with E-state index in [1.165, 1.54) is 0 Å². The molecule has 0 N–H and O–H groups in total. The molecule has 1 amide bonds. The van der Waals surface area contributed by atoms with E-state index < -0.39 is 0 Å². The van der Waals surface area contributed by atoms with Gasteiger partial charge in [-0.25, -0.2) is 0 Å². The average Bonchev–Trinajstić information content (AvgIpc) is 3.19. The smallest absolute Gasteiger partial charge is 0.254 e. The lowest BCUT2D eigenvalue weighted by molar-refractivity contribution is 0.0717. The molecule has 0 spiro atoms. The minimum Gasteiger partial charge on any atom is -0.464 e.